The zero-order valence-electron chi connectivity index (χ0n) is 10.7. The highest BCUT2D eigenvalue weighted by Gasteiger charge is 2.12. The second kappa shape index (κ2) is 5.18. The topological polar surface area (TPSA) is 43.8 Å². The number of nitrogens with two attached hydrogens (primary N) is 1. The minimum Gasteiger partial charge on any atom is -0.396 e. The number of hydrogen-bond donors (Lipinski definition) is 1. The Morgan fingerprint density at radius 2 is 1.90 bits per heavy atom. The van der Waals surface area contributed by atoms with E-state index in [2.05, 4.69) is 5.10 Å². The van der Waals surface area contributed by atoms with E-state index in [1.807, 2.05) is 0 Å². The fourth-order valence-corrected chi connectivity index (χ4v) is 2.19. The van der Waals surface area contributed by atoms with E-state index in [1.54, 1.807) is 18.3 Å². The molecule has 106 valence electrons. The predicted octanol–water partition coefficient (Wildman–Crippen LogP) is 4.05. The van der Waals surface area contributed by atoms with Crippen LogP contribution in [-0.2, 0) is 0 Å². The van der Waals surface area contributed by atoms with Gasteiger partial charge in [0.1, 0.15) is 17.3 Å². The zero-order chi connectivity index (χ0) is 15.0. The third-order valence-electron chi connectivity index (χ3n) is 3.01. The maximum absolute atomic E-state index is 13.2. The predicted molar refractivity (Wildman–Crippen MR) is 78.3 cm³/mol. The van der Waals surface area contributed by atoms with Crippen molar-refractivity contribution in [2.45, 2.75) is 0 Å². The monoisotopic (exact) mass is 305 g/mol. The lowest BCUT2D eigenvalue weighted by atomic mass is 10.1. The average Bonchev–Trinajstić information content (AvgIpc) is 2.84. The Kier molecular flexibility index (Phi) is 3.35. The molecule has 2 aromatic carbocycles. The summed E-state index contributed by atoms with van der Waals surface area (Å²) < 4.78 is 27.9. The van der Waals surface area contributed by atoms with Crippen LogP contribution in [0.15, 0.2) is 48.7 Å². The van der Waals surface area contributed by atoms with Gasteiger partial charge in [-0.25, -0.2) is 13.5 Å². The molecule has 1 aromatic heterocycles. The molecule has 0 unspecified atom stereocenters. The Morgan fingerprint density at radius 1 is 1.10 bits per heavy atom. The molecule has 0 radical (unpaired) electrons. The van der Waals surface area contributed by atoms with Gasteiger partial charge in [0.15, 0.2) is 0 Å². The molecule has 0 fully saturated rings. The van der Waals surface area contributed by atoms with Crippen molar-refractivity contribution in [1.82, 2.24) is 9.78 Å². The molecule has 3 aromatic rings. The quantitative estimate of drug-likeness (QED) is 0.776. The van der Waals surface area contributed by atoms with Crippen LogP contribution in [0.5, 0.6) is 0 Å². The molecular formula is C15H10ClF2N3. The van der Waals surface area contributed by atoms with Crippen molar-refractivity contribution in [1.29, 1.82) is 0 Å². The van der Waals surface area contributed by atoms with Crippen LogP contribution in [-0.4, -0.2) is 9.78 Å². The van der Waals surface area contributed by atoms with Gasteiger partial charge in [-0.15, -0.1) is 0 Å². The molecule has 0 aliphatic rings. The molecule has 0 saturated heterocycles. The summed E-state index contributed by atoms with van der Waals surface area (Å²) in [6, 6.07) is 10.2. The van der Waals surface area contributed by atoms with Crippen molar-refractivity contribution in [2.75, 3.05) is 5.73 Å². The summed E-state index contributed by atoms with van der Waals surface area (Å²) in [4.78, 5) is 0. The third kappa shape index (κ3) is 2.60. The van der Waals surface area contributed by atoms with Crippen LogP contribution < -0.4 is 5.73 Å². The van der Waals surface area contributed by atoms with Gasteiger partial charge in [0.05, 0.1) is 22.6 Å². The van der Waals surface area contributed by atoms with Gasteiger partial charge in [-0.1, -0.05) is 17.7 Å². The van der Waals surface area contributed by atoms with Gasteiger partial charge in [0.2, 0.25) is 0 Å². The summed E-state index contributed by atoms with van der Waals surface area (Å²) in [6.07, 6.45) is 1.57. The molecular weight excluding hydrogens is 296 g/mol. The van der Waals surface area contributed by atoms with E-state index in [1.165, 1.54) is 35.0 Å². The number of anilines is 1. The number of aromatic nitrogens is 2. The molecule has 3 nitrogen and oxygen atoms in total. The highest BCUT2D eigenvalue weighted by molar-refractivity contribution is 6.31. The minimum absolute atomic E-state index is 0.00722. The fourth-order valence-electron chi connectivity index (χ4n) is 2.01. The summed E-state index contributed by atoms with van der Waals surface area (Å²) in [5.41, 5.74) is 7.91. The number of nitrogen functional groups attached to an aromatic ring is 1. The Bertz CT molecular complexity index is 814. The Labute approximate surface area is 124 Å². The molecule has 2 N–H and O–H groups in total. The van der Waals surface area contributed by atoms with Crippen molar-refractivity contribution in [2.24, 2.45) is 0 Å². The third-order valence-corrected chi connectivity index (χ3v) is 3.30. The molecule has 3 rings (SSSR count). The molecule has 0 amide bonds. The first-order valence-electron chi connectivity index (χ1n) is 6.11. The molecule has 6 heteroatoms. The molecule has 0 atom stereocenters. The van der Waals surface area contributed by atoms with Crippen LogP contribution in [0.25, 0.3) is 16.9 Å². The normalized spacial score (nSPS) is 10.8. The van der Waals surface area contributed by atoms with Crippen LogP contribution >= 0.6 is 11.6 Å². The van der Waals surface area contributed by atoms with Gasteiger partial charge in [-0.05, 0) is 36.4 Å². The summed E-state index contributed by atoms with van der Waals surface area (Å²) >= 11 is 5.76. The van der Waals surface area contributed by atoms with Gasteiger partial charge >= 0.3 is 0 Å². The van der Waals surface area contributed by atoms with E-state index in [-0.39, 0.29) is 10.8 Å². The van der Waals surface area contributed by atoms with E-state index in [0.29, 0.717) is 22.6 Å². The summed E-state index contributed by atoms with van der Waals surface area (Å²) in [5, 5.41) is 4.30. The van der Waals surface area contributed by atoms with Crippen LogP contribution in [0.4, 0.5) is 14.5 Å². The smallest absolute Gasteiger partial charge is 0.141 e. The largest absolute Gasteiger partial charge is 0.396 e. The van der Waals surface area contributed by atoms with E-state index in [9.17, 15) is 8.78 Å². The highest BCUT2D eigenvalue weighted by Crippen LogP contribution is 2.28. The second-order valence-corrected chi connectivity index (χ2v) is 4.89. The average molecular weight is 306 g/mol. The lowest BCUT2D eigenvalue weighted by Gasteiger charge is -2.02. The first-order chi connectivity index (χ1) is 10.0. The SMILES string of the molecule is Nc1cn(-c2cccc(F)c2)nc1-c1ccc(F)c(Cl)c1. The highest BCUT2D eigenvalue weighted by atomic mass is 35.5. The lowest BCUT2D eigenvalue weighted by Crippen LogP contribution is -1.95. The molecule has 0 spiro atoms. The maximum Gasteiger partial charge on any atom is 0.141 e. The number of rotatable bonds is 2. The number of benzene rings is 2. The first kappa shape index (κ1) is 13.6. The summed E-state index contributed by atoms with van der Waals surface area (Å²) in [6.45, 7) is 0. The molecule has 21 heavy (non-hydrogen) atoms. The van der Waals surface area contributed by atoms with Crippen LogP contribution in [0.2, 0.25) is 5.02 Å². The van der Waals surface area contributed by atoms with Crippen molar-refractivity contribution in [3.8, 4) is 16.9 Å². The van der Waals surface area contributed by atoms with Gasteiger partial charge in [0.25, 0.3) is 0 Å². The van der Waals surface area contributed by atoms with Gasteiger partial charge < -0.3 is 5.73 Å². The maximum atomic E-state index is 13.2. The number of nitrogens with zero attached hydrogens (tertiary/aromatic N) is 2. The zero-order valence-corrected chi connectivity index (χ0v) is 11.5. The standard InChI is InChI=1S/C15H10ClF2N3/c16-12-6-9(4-5-13(12)18)15-14(19)8-21(20-15)11-3-1-2-10(17)7-11/h1-8H,19H2. The van der Waals surface area contributed by atoms with Crippen molar-refractivity contribution in [3.05, 3.63) is 65.3 Å². The van der Waals surface area contributed by atoms with Crippen molar-refractivity contribution >= 4 is 17.3 Å². The van der Waals surface area contributed by atoms with Crippen molar-refractivity contribution < 1.29 is 8.78 Å². The Hall–Kier alpha value is -2.40. The van der Waals surface area contributed by atoms with E-state index < -0.39 is 5.82 Å². The molecule has 0 aliphatic heterocycles. The Morgan fingerprint density at radius 3 is 2.62 bits per heavy atom. The number of halogens is 3. The molecule has 0 aliphatic carbocycles. The van der Waals surface area contributed by atoms with Gasteiger partial charge in [-0.3, -0.25) is 0 Å². The second-order valence-electron chi connectivity index (χ2n) is 4.49. The fraction of sp³-hybridized carbons (Fsp3) is 0. The number of hydrogen-bond acceptors (Lipinski definition) is 2. The molecule has 1 heterocycles. The van der Waals surface area contributed by atoms with Crippen molar-refractivity contribution in [3.63, 3.8) is 0 Å². The van der Waals surface area contributed by atoms with E-state index in [4.69, 9.17) is 17.3 Å². The minimum atomic E-state index is -0.511. The van der Waals surface area contributed by atoms with Gasteiger partial charge in [0, 0.05) is 5.56 Å². The molecule has 0 bridgehead atoms. The van der Waals surface area contributed by atoms with Crippen LogP contribution in [0.3, 0.4) is 0 Å². The Balaban J connectivity index is 2.07. The first-order valence-corrected chi connectivity index (χ1v) is 6.49. The van der Waals surface area contributed by atoms with Crippen LogP contribution in [0, 0.1) is 11.6 Å². The van der Waals surface area contributed by atoms with Crippen LogP contribution in [0.1, 0.15) is 0 Å². The van der Waals surface area contributed by atoms with E-state index in [0.717, 1.165) is 0 Å². The van der Waals surface area contributed by atoms with E-state index >= 15 is 0 Å². The summed E-state index contributed by atoms with van der Waals surface area (Å²) in [7, 11) is 0. The molecule has 0 saturated carbocycles. The summed E-state index contributed by atoms with van der Waals surface area (Å²) in [5.74, 6) is -0.878. The van der Waals surface area contributed by atoms with Gasteiger partial charge in [-0.2, -0.15) is 5.10 Å². The lowest BCUT2D eigenvalue weighted by molar-refractivity contribution is 0.625.